The van der Waals surface area contributed by atoms with Crippen molar-refractivity contribution in [1.82, 2.24) is 14.9 Å². The van der Waals surface area contributed by atoms with Crippen molar-refractivity contribution in [2.45, 2.75) is 52.7 Å². The molecule has 43 heavy (non-hydrogen) atoms. The number of anilines is 2. The zero-order chi connectivity index (χ0) is 31.1. The van der Waals surface area contributed by atoms with Gasteiger partial charge in [-0.25, -0.2) is 32.3 Å². The van der Waals surface area contributed by atoms with Crippen LogP contribution < -0.4 is 14.5 Å². The third kappa shape index (κ3) is 6.62. The smallest absolute Gasteiger partial charge is 0.410 e. The standard InChI is InChI=1S/C31H35F4N5O3/c1-18(2)40-10-11-42-29-23(34)13-20(14-26(29)40)28-24(35)17-36-27(37-28)15-19-12-22(33)25(16-21(19)32)38-6-8-39(9-7-38)30(41)43-31(3,4)5/h12-14,16-18H,6-11,15H2,1-5H3. The molecular weight excluding hydrogens is 566 g/mol. The van der Waals surface area contributed by atoms with E-state index in [9.17, 15) is 9.18 Å². The van der Waals surface area contributed by atoms with E-state index in [1.54, 1.807) is 31.7 Å². The zero-order valence-corrected chi connectivity index (χ0v) is 24.9. The van der Waals surface area contributed by atoms with Crippen LogP contribution in [0.25, 0.3) is 11.3 Å². The Morgan fingerprint density at radius 1 is 0.930 bits per heavy atom. The number of piperazine rings is 1. The molecule has 12 heteroatoms. The second kappa shape index (κ2) is 11.9. The minimum absolute atomic E-state index is 0.0118. The quantitative estimate of drug-likeness (QED) is 0.335. The molecule has 1 aromatic heterocycles. The van der Waals surface area contributed by atoms with Gasteiger partial charge in [-0.1, -0.05) is 0 Å². The molecule has 0 aliphatic carbocycles. The van der Waals surface area contributed by atoms with E-state index in [2.05, 4.69) is 9.97 Å². The maximum absolute atomic E-state index is 15.2. The van der Waals surface area contributed by atoms with Crippen LogP contribution in [0.3, 0.4) is 0 Å². The number of aromatic nitrogens is 2. The van der Waals surface area contributed by atoms with Crippen molar-refractivity contribution in [3.63, 3.8) is 0 Å². The number of fused-ring (bicyclic) bond motifs is 1. The van der Waals surface area contributed by atoms with Gasteiger partial charge in [-0.15, -0.1) is 0 Å². The lowest BCUT2D eigenvalue weighted by molar-refractivity contribution is 0.0240. The highest BCUT2D eigenvalue weighted by Gasteiger charge is 2.28. The van der Waals surface area contributed by atoms with E-state index in [1.807, 2.05) is 18.7 Å². The minimum Gasteiger partial charge on any atom is -0.486 e. The van der Waals surface area contributed by atoms with Crippen molar-refractivity contribution in [3.05, 3.63) is 65.1 Å². The summed E-state index contributed by atoms with van der Waals surface area (Å²) in [4.78, 5) is 25.8. The second-order valence-corrected chi connectivity index (χ2v) is 12.0. The Morgan fingerprint density at radius 3 is 2.33 bits per heavy atom. The lowest BCUT2D eigenvalue weighted by Crippen LogP contribution is -2.50. The van der Waals surface area contributed by atoms with Gasteiger partial charge >= 0.3 is 6.09 Å². The molecule has 1 amide bonds. The Morgan fingerprint density at radius 2 is 1.65 bits per heavy atom. The molecule has 3 heterocycles. The number of rotatable bonds is 5. The SMILES string of the molecule is CC(C)N1CCOc2c(F)cc(-c3nc(Cc4cc(F)c(N5CCN(C(=O)OC(C)(C)C)CC5)cc4F)ncc3F)cc21. The number of hydrogen-bond donors (Lipinski definition) is 0. The summed E-state index contributed by atoms with van der Waals surface area (Å²) in [5.41, 5.74) is -0.0436. The maximum atomic E-state index is 15.2. The number of carbonyl (C=O) groups is 1. The van der Waals surface area contributed by atoms with E-state index in [-0.39, 0.29) is 46.5 Å². The van der Waals surface area contributed by atoms with Crippen molar-refractivity contribution < 1.29 is 31.8 Å². The molecule has 1 saturated heterocycles. The highest BCUT2D eigenvalue weighted by atomic mass is 19.1. The zero-order valence-electron chi connectivity index (χ0n) is 24.9. The molecular formula is C31H35F4N5O3. The van der Waals surface area contributed by atoms with E-state index in [0.29, 0.717) is 45.0 Å². The van der Waals surface area contributed by atoms with Gasteiger partial charge in [-0.3, -0.25) is 0 Å². The van der Waals surface area contributed by atoms with Gasteiger partial charge in [-0.05, 0) is 58.4 Å². The second-order valence-electron chi connectivity index (χ2n) is 12.0. The third-order valence-corrected chi connectivity index (χ3v) is 7.34. The monoisotopic (exact) mass is 601 g/mol. The summed E-state index contributed by atoms with van der Waals surface area (Å²) in [6, 6.07) is 5.00. The van der Waals surface area contributed by atoms with Gasteiger partial charge in [0, 0.05) is 50.3 Å². The van der Waals surface area contributed by atoms with Crippen LogP contribution >= 0.6 is 0 Å². The minimum atomic E-state index is -0.775. The number of benzene rings is 2. The van der Waals surface area contributed by atoms with Crippen LogP contribution in [0.2, 0.25) is 0 Å². The van der Waals surface area contributed by atoms with Crippen LogP contribution in [0.15, 0.2) is 30.5 Å². The molecule has 1 fully saturated rings. The Hall–Kier alpha value is -4.09. The Bertz CT molecular complexity index is 1520. The van der Waals surface area contributed by atoms with Gasteiger partial charge in [0.1, 0.15) is 35.4 Å². The molecule has 0 N–H and O–H groups in total. The molecule has 0 saturated carbocycles. The van der Waals surface area contributed by atoms with Gasteiger partial charge in [0.15, 0.2) is 17.4 Å². The van der Waals surface area contributed by atoms with Crippen molar-refractivity contribution in [3.8, 4) is 17.0 Å². The maximum Gasteiger partial charge on any atom is 0.410 e. The number of nitrogens with zero attached hydrogens (tertiary/aromatic N) is 5. The largest absolute Gasteiger partial charge is 0.486 e. The fourth-order valence-corrected chi connectivity index (χ4v) is 5.25. The van der Waals surface area contributed by atoms with Crippen LogP contribution in [0, 0.1) is 23.3 Å². The van der Waals surface area contributed by atoms with Crippen LogP contribution in [0.5, 0.6) is 5.75 Å². The highest BCUT2D eigenvalue weighted by Crippen LogP contribution is 2.39. The van der Waals surface area contributed by atoms with Gasteiger partial charge in [0.05, 0.1) is 24.1 Å². The summed E-state index contributed by atoms with van der Waals surface area (Å²) in [5, 5.41) is 0. The van der Waals surface area contributed by atoms with Gasteiger partial charge in [0.25, 0.3) is 0 Å². The summed E-state index contributed by atoms with van der Waals surface area (Å²) in [5.74, 6) is -2.60. The van der Waals surface area contributed by atoms with Gasteiger partial charge < -0.3 is 24.2 Å². The van der Waals surface area contributed by atoms with E-state index in [4.69, 9.17) is 9.47 Å². The third-order valence-electron chi connectivity index (χ3n) is 7.34. The van der Waals surface area contributed by atoms with E-state index < -0.39 is 35.0 Å². The first-order valence-corrected chi connectivity index (χ1v) is 14.3. The fraction of sp³-hybridized carbons (Fsp3) is 0.452. The van der Waals surface area contributed by atoms with Crippen molar-refractivity contribution in [2.24, 2.45) is 0 Å². The fourth-order valence-electron chi connectivity index (χ4n) is 5.25. The lowest BCUT2D eigenvalue weighted by atomic mass is 10.1. The Balaban J connectivity index is 1.34. The summed E-state index contributed by atoms with van der Waals surface area (Å²) in [6.07, 6.45) is 0.284. The molecule has 0 atom stereocenters. The summed E-state index contributed by atoms with van der Waals surface area (Å²) in [6.45, 7) is 11.3. The molecule has 0 bridgehead atoms. The predicted molar refractivity (Wildman–Crippen MR) is 155 cm³/mol. The van der Waals surface area contributed by atoms with Crippen molar-refractivity contribution in [2.75, 3.05) is 49.1 Å². The van der Waals surface area contributed by atoms with Crippen LogP contribution in [-0.4, -0.2) is 71.9 Å². The average molecular weight is 602 g/mol. The number of hydrogen-bond acceptors (Lipinski definition) is 7. The first-order chi connectivity index (χ1) is 20.3. The molecule has 5 rings (SSSR count). The molecule has 2 aliphatic rings. The molecule has 230 valence electrons. The Kier molecular flexibility index (Phi) is 8.40. The molecule has 0 spiro atoms. The number of amides is 1. The summed E-state index contributed by atoms with van der Waals surface area (Å²) >= 11 is 0. The van der Waals surface area contributed by atoms with Crippen LogP contribution in [0.4, 0.5) is 33.7 Å². The normalized spacial score (nSPS) is 15.4. The number of halogens is 4. The van der Waals surface area contributed by atoms with Gasteiger partial charge in [-0.2, -0.15) is 0 Å². The number of carbonyl (C=O) groups excluding carboxylic acids is 1. The predicted octanol–water partition coefficient (Wildman–Crippen LogP) is 5.96. The van der Waals surface area contributed by atoms with E-state index >= 15 is 13.2 Å². The molecule has 2 aliphatic heterocycles. The average Bonchev–Trinajstić information content (AvgIpc) is 2.94. The van der Waals surface area contributed by atoms with Crippen LogP contribution in [-0.2, 0) is 11.2 Å². The van der Waals surface area contributed by atoms with E-state index in [1.165, 1.54) is 4.90 Å². The van der Waals surface area contributed by atoms with Crippen LogP contribution in [0.1, 0.15) is 46.0 Å². The summed E-state index contributed by atoms with van der Waals surface area (Å²) < 4.78 is 71.3. The molecule has 2 aromatic carbocycles. The molecule has 0 radical (unpaired) electrons. The first-order valence-electron chi connectivity index (χ1n) is 14.3. The van der Waals surface area contributed by atoms with E-state index in [0.717, 1.165) is 24.4 Å². The van der Waals surface area contributed by atoms with Crippen molar-refractivity contribution >= 4 is 17.5 Å². The van der Waals surface area contributed by atoms with Crippen molar-refractivity contribution in [1.29, 1.82) is 0 Å². The number of ether oxygens (including phenoxy) is 2. The first kappa shape index (κ1) is 30.4. The topological polar surface area (TPSA) is 71.0 Å². The summed E-state index contributed by atoms with van der Waals surface area (Å²) in [7, 11) is 0. The molecule has 3 aromatic rings. The highest BCUT2D eigenvalue weighted by molar-refractivity contribution is 5.72. The Labute approximate surface area is 248 Å². The van der Waals surface area contributed by atoms with Gasteiger partial charge in [0.2, 0.25) is 0 Å². The molecule has 0 unspecified atom stereocenters. The molecule has 8 nitrogen and oxygen atoms in total. The lowest BCUT2D eigenvalue weighted by Gasteiger charge is -2.36.